The number of hydrogen-bond donors (Lipinski definition) is 0. The Balaban J connectivity index is 2.51. The van der Waals surface area contributed by atoms with Crippen LogP contribution in [0.25, 0.3) is 0 Å². The number of esters is 2. The van der Waals surface area contributed by atoms with Gasteiger partial charge in [0.25, 0.3) is 0 Å². The van der Waals surface area contributed by atoms with Gasteiger partial charge < -0.3 is 9.47 Å². The van der Waals surface area contributed by atoms with Crippen molar-refractivity contribution in [2.24, 2.45) is 0 Å². The summed E-state index contributed by atoms with van der Waals surface area (Å²) in [4.78, 5) is 21.9. The molecule has 0 radical (unpaired) electrons. The predicted octanol–water partition coefficient (Wildman–Crippen LogP) is 2.03. The number of benzene rings is 1. The van der Waals surface area contributed by atoms with E-state index in [2.05, 4.69) is 9.47 Å². The lowest BCUT2D eigenvalue weighted by Crippen LogP contribution is -2.18. The molecule has 17 heavy (non-hydrogen) atoms. The van der Waals surface area contributed by atoms with Crippen LogP contribution in [-0.4, -0.2) is 18.3 Å². The van der Waals surface area contributed by atoms with Gasteiger partial charge in [-0.05, 0) is 12.1 Å². The molecule has 1 aliphatic rings. The highest BCUT2D eigenvalue weighted by molar-refractivity contribution is 6.15. The van der Waals surface area contributed by atoms with Gasteiger partial charge in [0.1, 0.15) is 5.56 Å². The Labute approximate surface area is 90.7 Å². The standard InChI is InChI=1S/C9H2F4O4/c10-6-4(17-9(11,12)13)2-1-3-5(6)8(15)16-7(3)14/h1-2H. The van der Waals surface area contributed by atoms with Crippen LogP contribution in [0, 0.1) is 5.82 Å². The molecule has 4 nitrogen and oxygen atoms in total. The molecular weight excluding hydrogens is 248 g/mol. The molecule has 1 aromatic rings. The first kappa shape index (κ1) is 11.4. The summed E-state index contributed by atoms with van der Waals surface area (Å²) in [6, 6.07) is 1.42. The van der Waals surface area contributed by atoms with E-state index in [4.69, 9.17) is 0 Å². The van der Waals surface area contributed by atoms with E-state index in [0.717, 1.165) is 6.07 Å². The van der Waals surface area contributed by atoms with Gasteiger partial charge in [-0.2, -0.15) is 0 Å². The largest absolute Gasteiger partial charge is 0.573 e. The summed E-state index contributed by atoms with van der Waals surface area (Å²) in [5, 5.41) is 0. The highest BCUT2D eigenvalue weighted by Gasteiger charge is 2.38. The topological polar surface area (TPSA) is 52.6 Å². The number of fused-ring (bicyclic) bond motifs is 1. The van der Waals surface area contributed by atoms with Crippen LogP contribution in [0.15, 0.2) is 12.1 Å². The Bertz CT molecular complexity index is 520. The first-order valence-corrected chi connectivity index (χ1v) is 4.14. The van der Waals surface area contributed by atoms with Gasteiger partial charge in [0.15, 0.2) is 11.6 Å². The third-order valence-electron chi connectivity index (χ3n) is 1.94. The van der Waals surface area contributed by atoms with Gasteiger partial charge in [-0.25, -0.2) is 14.0 Å². The smallest absolute Gasteiger partial charge is 0.403 e. The highest BCUT2D eigenvalue weighted by Crippen LogP contribution is 2.32. The maximum atomic E-state index is 13.4. The first-order valence-electron chi connectivity index (χ1n) is 4.14. The van der Waals surface area contributed by atoms with Crippen LogP contribution in [0.1, 0.15) is 20.7 Å². The lowest BCUT2D eigenvalue weighted by molar-refractivity contribution is -0.275. The molecule has 0 aromatic heterocycles. The molecule has 0 bridgehead atoms. The lowest BCUT2D eigenvalue weighted by Gasteiger charge is -2.10. The molecular formula is C9H2F4O4. The first-order chi connectivity index (χ1) is 7.79. The summed E-state index contributed by atoms with van der Waals surface area (Å²) in [6.45, 7) is 0. The molecule has 8 heteroatoms. The molecule has 0 atom stereocenters. The van der Waals surface area contributed by atoms with E-state index in [1.54, 1.807) is 0 Å². The van der Waals surface area contributed by atoms with Crippen LogP contribution < -0.4 is 4.74 Å². The number of rotatable bonds is 1. The third-order valence-corrected chi connectivity index (χ3v) is 1.94. The fraction of sp³-hybridized carbons (Fsp3) is 0.111. The molecule has 0 aliphatic carbocycles. The summed E-state index contributed by atoms with van der Waals surface area (Å²) < 4.78 is 56.5. The molecule has 0 spiro atoms. The molecule has 0 fully saturated rings. The zero-order chi connectivity index (χ0) is 12.8. The molecule has 2 rings (SSSR count). The van der Waals surface area contributed by atoms with E-state index >= 15 is 0 Å². The van der Waals surface area contributed by atoms with E-state index in [9.17, 15) is 27.2 Å². The van der Waals surface area contributed by atoms with E-state index in [1.807, 2.05) is 0 Å². The van der Waals surface area contributed by atoms with Crippen molar-refractivity contribution in [3.05, 3.63) is 29.1 Å². The summed E-state index contributed by atoms with van der Waals surface area (Å²) in [7, 11) is 0. The van der Waals surface area contributed by atoms with Crippen LogP contribution in [0.3, 0.4) is 0 Å². The number of cyclic esters (lactones) is 2. The minimum absolute atomic E-state index is 0.429. The average molecular weight is 250 g/mol. The molecule has 0 amide bonds. The zero-order valence-electron chi connectivity index (χ0n) is 7.80. The predicted molar refractivity (Wildman–Crippen MR) is 42.8 cm³/mol. The number of halogens is 4. The van der Waals surface area contributed by atoms with E-state index < -0.39 is 41.0 Å². The fourth-order valence-corrected chi connectivity index (χ4v) is 1.32. The second kappa shape index (κ2) is 3.44. The number of carbonyl (C=O) groups is 2. The van der Waals surface area contributed by atoms with Crippen molar-refractivity contribution in [2.75, 3.05) is 0 Å². The van der Waals surface area contributed by atoms with Crippen molar-refractivity contribution in [2.45, 2.75) is 6.36 Å². The van der Waals surface area contributed by atoms with Gasteiger partial charge in [0.05, 0.1) is 5.56 Å². The maximum Gasteiger partial charge on any atom is 0.573 e. The molecule has 1 aliphatic heterocycles. The van der Waals surface area contributed by atoms with Crippen molar-refractivity contribution < 1.29 is 36.6 Å². The number of alkyl halides is 3. The molecule has 90 valence electrons. The Kier molecular flexibility index (Phi) is 2.30. The average Bonchev–Trinajstić information content (AvgIpc) is 2.45. The summed E-state index contributed by atoms with van der Waals surface area (Å²) in [5.74, 6) is -5.21. The Morgan fingerprint density at radius 1 is 1.12 bits per heavy atom. The lowest BCUT2D eigenvalue weighted by atomic mass is 10.1. The van der Waals surface area contributed by atoms with Crippen molar-refractivity contribution in [3.8, 4) is 5.75 Å². The van der Waals surface area contributed by atoms with Crippen LogP contribution >= 0.6 is 0 Å². The number of carbonyl (C=O) groups excluding carboxylic acids is 2. The van der Waals surface area contributed by atoms with Gasteiger partial charge in [-0.1, -0.05) is 0 Å². The molecule has 0 N–H and O–H groups in total. The number of hydrogen-bond acceptors (Lipinski definition) is 4. The van der Waals surface area contributed by atoms with Gasteiger partial charge in [0, 0.05) is 0 Å². The Morgan fingerprint density at radius 3 is 2.35 bits per heavy atom. The Hall–Kier alpha value is -2.12. The van der Waals surface area contributed by atoms with Crippen molar-refractivity contribution in [1.82, 2.24) is 0 Å². The molecule has 1 aromatic carbocycles. The summed E-state index contributed by atoms with van der Waals surface area (Å²) in [5.41, 5.74) is -1.28. The van der Waals surface area contributed by atoms with E-state index in [0.29, 0.717) is 6.07 Å². The second-order valence-electron chi connectivity index (χ2n) is 3.03. The summed E-state index contributed by atoms with van der Waals surface area (Å²) in [6.07, 6.45) is -5.10. The molecule has 1 heterocycles. The summed E-state index contributed by atoms with van der Waals surface area (Å²) >= 11 is 0. The molecule has 0 saturated heterocycles. The minimum atomic E-state index is -5.10. The monoisotopic (exact) mass is 250 g/mol. The normalized spacial score (nSPS) is 14.6. The Morgan fingerprint density at radius 2 is 1.76 bits per heavy atom. The quantitative estimate of drug-likeness (QED) is 0.434. The fourth-order valence-electron chi connectivity index (χ4n) is 1.32. The van der Waals surface area contributed by atoms with Gasteiger partial charge in [0.2, 0.25) is 0 Å². The maximum absolute atomic E-state index is 13.4. The van der Waals surface area contributed by atoms with Crippen LogP contribution in [0.2, 0.25) is 0 Å². The second-order valence-corrected chi connectivity index (χ2v) is 3.03. The highest BCUT2D eigenvalue weighted by atomic mass is 19.4. The van der Waals surface area contributed by atoms with E-state index in [-0.39, 0.29) is 0 Å². The van der Waals surface area contributed by atoms with Crippen molar-refractivity contribution in [3.63, 3.8) is 0 Å². The van der Waals surface area contributed by atoms with Crippen LogP contribution in [0.5, 0.6) is 5.75 Å². The van der Waals surface area contributed by atoms with Gasteiger partial charge in [-0.3, -0.25) is 0 Å². The minimum Gasteiger partial charge on any atom is -0.403 e. The van der Waals surface area contributed by atoms with E-state index in [1.165, 1.54) is 0 Å². The van der Waals surface area contributed by atoms with Gasteiger partial charge in [-0.15, -0.1) is 13.2 Å². The van der Waals surface area contributed by atoms with Crippen molar-refractivity contribution in [1.29, 1.82) is 0 Å². The third kappa shape index (κ3) is 1.93. The number of ether oxygens (including phenoxy) is 2. The molecule has 0 saturated carbocycles. The molecule has 0 unspecified atom stereocenters. The van der Waals surface area contributed by atoms with Crippen molar-refractivity contribution >= 4 is 11.9 Å². The van der Waals surface area contributed by atoms with Gasteiger partial charge >= 0.3 is 18.3 Å². The van der Waals surface area contributed by atoms with Crippen LogP contribution in [-0.2, 0) is 4.74 Å². The zero-order valence-corrected chi connectivity index (χ0v) is 7.80. The van der Waals surface area contributed by atoms with Crippen LogP contribution in [0.4, 0.5) is 17.6 Å². The SMILES string of the molecule is O=C1OC(=O)c2c1ccc(OC(F)(F)F)c2F.